The number of carbonyl (C=O) groups excluding carboxylic acids is 1. The van der Waals surface area contributed by atoms with Gasteiger partial charge in [0, 0.05) is 17.8 Å². The van der Waals surface area contributed by atoms with Gasteiger partial charge in [0.25, 0.3) is 0 Å². The summed E-state index contributed by atoms with van der Waals surface area (Å²) in [7, 11) is 0. The minimum atomic E-state index is -0.330. The lowest BCUT2D eigenvalue weighted by molar-refractivity contribution is -0.175. The normalized spacial score (nSPS) is 44.6. The number of ether oxygens (including phenoxy) is 1. The van der Waals surface area contributed by atoms with Crippen LogP contribution in [0.1, 0.15) is 64.6 Å². The molecule has 1 aromatic heterocycles. The van der Waals surface area contributed by atoms with Crippen molar-refractivity contribution in [2.75, 3.05) is 0 Å². The van der Waals surface area contributed by atoms with Gasteiger partial charge in [-0.05, 0) is 74.0 Å². The minimum Gasteiger partial charge on any atom is -0.459 e. The molecule has 0 aliphatic heterocycles. The number of rotatable bonds is 1. The average Bonchev–Trinajstić information content (AvgIpc) is 3.13. The van der Waals surface area contributed by atoms with Crippen LogP contribution < -0.4 is 0 Å². The summed E-state index contributed by atoms with van der Waals surface area (Å²) in [6, 6.07) is 0. The highest BCUT2D eigenvalue weighted by molar-refractivity contribution is 5.67. The van der Waals surface area contributed by atoms with Crippen LogP contribution in [0.5, 0.6) is 0 Å². The molecule has 2 saturated carbocycles. The number of nitrogens with zero attached hydrogens (tertiary/aromatic N) is 1. The fraction of sp³-hybridized carbons (Fsp3) is 0.652. The lowest BCUT2D eigenvalue weighted by atomic mass is 9.48. The van der Waals surface area contributed by atoms with E-state index < -0.39 is 0 Å². The Labute approximate surface area is 161 Å². The number of nitrogens with one attached hydrogen (secondary N) is 1. The maximum absolute atomic E-state index is 11.8. The Morgan fingerprint density at radius 1 is 1.22 bits per heavy atom. The van der Waals surface area contributed by atoms with E-state index in [1.165, 1.54) is 23.3 Å². The maximum Gasteiger partial charge on any atom is 0.303 e. The number of carbonyl (C=O) groups is 1. The van der Waals surface area contributed by atoms with Gasteiger partial charge >= 0.3 is 5.97 Å². The molecule has 1 heterocycles. The number of aromatic amines is 1. The van der Waals surface area contributed by atoms with Crippen molar-refractivity contribution in [3.05, 3.63) is 35.2 Å². The molecule has 0 saturated heterocycles. The number of aromatic nitrogens is 2. The Balaban J connectivity index is 1.52. The molecule has 144 valence electrons. The summed E-state index contributed by atoms with van der Waals surface area (Å²) in [5.74, 6) is 1.66. The Hall–Kier alpha value is -1.84. The molecule has 27 heavy (non-hydrogen) atoms. The quantitative estimate of drug-likeness (QED) is 0.734. The standard InChI is InChI=1S/C23H30N2O2/c1-14(26)27-23(4)10-8-19-17-6-5-16-11-20-15(13-24-25-20)12-21(16,2)18(17)7-9-22(19,23)3/h5-6,11,13,17-19H,7-10,12H2,1-4H3,(H,24,25). The first-order chi connectivity index (χ1) is 12.8. The van der Waals surface area contributed by atoms with Crippen molar-refractivity contribution < 1.29 is 9.53 Å². The van der Waals surface area contributed by atoms with E-state index >= 15 is 0 Å². The maximum atomic E-state index is 11.8. The van der Waals surface area contributed by atoms with Crippen LogP contribution in [0.15, 0.2) is 23.9 Å². The number of H-pyrrole nitrogens is 1. The Kier molecular flexibility index (Phi) is 3.43. The van der Waals surface area contributed by atoms with Gasteiger partial charge in [0.15, 0.2) is 0 Å². The molecule has 0 aromatic carbocycles. The molecule has 4 heteroatoms. The predicted molar refractivity (Wildman–Crippen MR) is 105 cm³/mol. The van der Waals surface area contributed by atoms with E-state index in [-0.39, 0.29) is 22.4 Å². The molecule has 2 fully saturated rings. The van der Waals surface area contributed by atoms with Gasteiger partial charge in [0.2, 0.25) is 0 Å². The van der Waals surface area contributed by atoms with Gasteiger partial charge in [0.1, 0.15) is 5.60 Å². The number of hydrogen-bond acceptors (Lipinski definition) is 3. The fourth-order valence-corrected chi connectivity index (χ4v) is 7.12. The second kappa shape index (κ2) is 5.36. The summed E-state index contributed by atoms with van der Waals surface area (Å²) in [6.45, 7) is 8.56. The highest BCUT2D eigenvalue weighted by Crippen LogP contribution is 2.66. The van der Waals surface area contributed by atoms with E-state index in [1.54, 1.807) is 6.92 Å². The molecule has 5 rings (SSSR count). The van der Waals surface area contributed by atoms with Crippen molar-refractivity contribution in [1.29, 1.82) is 0 Å². The molecule has 4 aliphatic rings. The molecule has 4 nitrogen and oxygen atoms in total. The number of hydrogen-bond donors (Lipinski definition) is 1. The van der Waals surface area contributed by atoms with Crippen LogP contribution in [-0.2, 0) is 16.0 Å². The molecule has 6 atom stereocenters. The predicted octanol–water partition coefficient (Wildman–Crippen LogP) is 4.69. The monoisotopic (exact) mass is 366 g/mol. The van der Waals surface area contributed by atoms with Crippen molar-refractivity contribution in [3.63, 3.8) is 0 Å². The average molecular weight is 367 g/mol. The fourth-order valence-electron chi connectivity index (χ4n) is 7.12. The van der Waals surface area contributed by atoms with Crippen LogP contribution >= 0.6 is 0 Å². The van der Waals surface area contributed by atoms with Gasteiger partial charge in [-0.25, -0.2) is 0 Å². The Morgan fingerprint density at radius 3 is 2.78 bits per heavy atom. The molecule has 4 aliphatic carbocycles. The van der Waals surface area contributed by atoms with Crippen molar-refractivity contribution >= 4 is 12.0 Å². The number of fused-ring (bicyclic) bond motifs is 6. The second-order valence-corrected chi connectivity index (χ2v) is 9.97. The summed E-state index contributed by atoms with van der Waals surface area (Å²) in [4.78, 5) is 11.8. The van der Waals surface area contributed by atoms with Crippen molar-refractivity contribution in [3.8, 4) is 0 Å². The zero-order chi connectivity index (χ0) is 19.0. The zero-order valence-electron chi connectivity index (χ0n) is 16.8. The van der Waals surface area contributed by atoms with Crippen molar-refractivity contribution in [1.82, 2.24) is 10.2 Å². The molecule has 0 bridgehead atoms. The SMILES string of the molecule is CC(=O)OC1(C)CCC2C3C=CC4=Cc5[nH]ncc5CC4(C)C3CCC21C. The number of allylic oxidation sites excluding steroid dienone is 3. The van der Waals surface area contributed by atoms with Gasteiger partial charge in [-0.3, -0.25) is 9.89 Å². The van der Waals surface area contributed by atoms with Gasteiger partial charge in [-0.2, -0.15) is 5.10 Å². The van der Waals surface area contributed by atoms with E-state index in [0.717, 1.165) is 25.7 Å². The largest absolute Gasteiger partial charge is 0.459 e. The van der Waals surface area contributed by atoms with E-state index in [4.69, 9.17) is 4.74 Å². The van der Waals surface area contributed by atoms with Crippen LogP contribution in [0.25, 0.3) is 6.08 Å². The zero-order valence-corrected chi connectivity index (χ0v) is 16.8. The van der Waals surface area contributed by atoms with Gasteiger partial charge in [-0.1, -0.05) is 26.0 Å². The number of esters is 1. The molecule has 0 amide bonds. The van der Waals surface area contributed by atoms with Crippen LogP contribution in [0, 0.1) is 28.6 Å². The summed E-state index contributed by atoms with van der Waals surface area (Å²) in [5.41, 5.74) is 3.89. The molecule has 0 radical (unpaired) electrons. The smallest absolute Gasteiger partial charge is 0.303 e. The third-order valence-corrected chi connectivity index (χ3v) is 8.82. The van der Waals surface area contributed by atoms with Crippen molar-refractivity contribution in [2.45, 2.75) is 65.4 Å². The van der Waals surface area contributed by atoms with Crippen LogP contribution in [0.3, 0.4) is 0 Å². The first-order valence-corrected chi connectivity index (χ1v) is 10.4. The summed E-state index contributed by atoms with van der Waals surface area (Å²) in [5, 5.41) is 7.41. The second-order valence-electron chi connectivity index (χ2n) is 9.97. The molecular formula is C23H30N2O2. The molecule has 0 spiro atoms. The lowest BCUT2D eigenvalue weighted by Crippen LogP contribution is -2.54. The van der Waals surface area contributed by atoms with Crippen LogP contribution in [0.4, 0.5) is 0 Å². The first-order valence-electron chi connectivity index (χ1n) is 10.4. The molecular weight excluding hydrogens is 336 g/mol. The van der Waals surface area contributed by atoms with Crippen LogP contribution in [-0.4, -0.2) is 21.8 Å². The minimum absolute atomic E-state index is 0.0667. The van der Waals surface area contributed by atoms with Crippen molar-refractivity contribution in [2.24, 2.45) is 28.6 Å². The lowest BCUT2D eigenvalue weighted by Gasteiger charge is -2.57. The Bertz CT molecular complexity index is 867. The summed E-state index contributed by atoms with van der Waals surface area (Å²) < 4.78 is 5.93. The van der Waals surface area contributed by atoms with Gasteiger partial charge in [-0.15, -0.1) is 0 Å². The van der Waals surface area contributed by atoms with Crippen LogP contribution in [0.2, 0.25) is 0 Å². The summed E-state index contributed by atoms with van der Waals surface area (Å²) >= 11 is 0. The van der Waals surface area contributed by atoms with Gasteiger partial charge in [0.05, 0.1) is 11.9 Å². The Morgan fingerprint density at radius 2 is 2.00 bits per heavy atom. The molecule has 1 aromatic rings. The van der Waals surface area contributed by atoms with Gasteiger partial charge < -0.3 is 4.74 Å². The van der Waals surface area contributed by atoms with E-state index in [9.17, 15) is 4.79 Å². The summed E-state index contributed by atoms with van der Waals surface area (Å²) in [6.07, 6.45) is 14.7. The van der Waals surface area contributed by atoms with E-state index in [0.29, 0.717) is 17.8 Å². The highest BCUT2D eigenvalue weighted by Gasteiger charge is 2.63. The van der Waals surface area contributed by atoms with E-state index in [1.807, 2.05) is 6.20 Å². The third kappa shape index (κ3) is 2.16. The topological polar surface area (TPSA) is 55.0 Å². The molecule has 1 N–H and O–H groups in total. The van der Waals surface area contributed by atoms with E-state index in [2.05, 4.69) is 49.2 Å². The molecule has 6 unspecified atom stereocenters. The first kappa shape index (κ1) is 17.3. The third-order valence-electron chi connectivity index (χ3n) is 8.82. The highest BCUT2D eigenvalue weighted by atomic mass is 16.6.